The first-order valence-corrected chi connectivity index (χ1v) is 17.6. The van der Waals surface area contributed by atoms with Gasteiger partial charge in [-0.05, 0) is 66.4 Å². The molecule has 1 N–H and O–H groups in total. The molecule has 0 aliphatic carbocycles. The molecule has 0 amide bonds. The highest BCUT2D eigenvalue weighted by Gasteiger charge is 2.25. The van der Waals surface area contributed by atoms with E-state index < -0.39 is 10.0 Å². The van der Waals surface area contributed by atoms with Crippen LogP contribution in [0.1, 0.15) is 37.0 Å². The van der Waals surface area contributed by atoms with Gasteiger partial charge in [0.15, 0.2) is 0 Å². The molecule has 5 aromatic rings. The van der Waals surface area contributed by atoms with Gasteiger partial charge in [-0.25, -0.2) is 12.8 Å². The van der Waals surface area contributed by atoms with Crippen LogP contribution in [0.25, 0.3) is 48.9 Å². The Morgan fingerprint density at radius 3 is 2.30 bits per heavy atom. The standard InChI is InChI=1S/C38H37FN2O3S2/c1-7-13-33(40-4)37-32-23-31(28-16-12-17-29(22-28)36(8-2)45-25(3)26-14-10-9-11-15-26)34(41(5)46(6,42)43)24-35(32)44-38(37)27-18-20-30(39)21-19-27/h8-24,40H,3,7H2,1-2,4-6H3/b33-13-,36-8-. The van der Waals surface area contributed by atoms with Crippen LogP contribution in [0.15, 0.2) is 114 Å². The highest BCUT2D eigenvalue weighted by molar-refractivity contribution is 8.16. The number of anilines is 1. The zero-order valence-corrected chi connectivity index (χ0v) is 28.2. The average Bonchev–Trinajstić information content (AvgIpc) is 3.43. The van der Waals surface area contributed by atoms with Crippen molar-refractivity contribution >= 4 is 53.9 Å². The highest BCUT2D eigenvalue weighted by atomic mass is 32.2. The number of fused-ring (bicyclic) bond motifs is 1. The third kappa shape index (κ3) is 6.83. The molecule has 0 radical (unpaired) electrons. The van der Waals surface area contributed by atoms with Gasteiger partial charge < -0.3 is 9.73 Å². The molecule has 0 bridgehead atoms. The summed E-state index contributed by atoms with van der Waals surface area (Å²) in [5.74, 6) is 0.222. The van der Waals surface area contributed by atoms with Gasteiger partial charge in [-0.2, -0.15) is 0 Å². The number of rotatable bonds is 11. The van der Waals surface area contributed by atoms with E-state index in [0.29, 0.717) is 22.6 Å². The maximum absolute atomic E-state index is 13.9. The van der Waals surface area contributed by atoms with E-state index in [4.69, 9.17) is 4.42 Å². The van der Waals surface area contributed by atoms with E-state index in [1.54, 1.807) is 37.0 Å². The van der Waals surface area contributed by atoms with Crippen molar-refractivity contribution in [2.24, 2.45) is 0 Å². The molecule has 4 aromatic carbocycles. The van der Waals surface area contributed by atoms with Crippen molar-refractivity contribution in [3.8, 4) is 22.5 Å². The minimum absolute atomic E-state index is 0.343. The van der Waals surface area contributed by atoms with Crippen molar-refractivity contribution in [2.75, 3.05) is 24.7 Å². The van der Waals surface area contributed by atoms with E-state index in [-0.39, 0.29) is 5.82 Å². The Labute approximate surface area is 275 Å². The second kappa shape index (κ2) is 13.8. The number of hydrogen-bond donors (Lipinski definition) is 1. The van der Waals surface area contributed by atoms with E-state index in [0.717, 1.165) is 55.1 Å². The Kier molecular flexibility index (Phi) is 9.89. The first kappa shape index (κ1) is 32.9. The largest absolute Gasteiger partial charge is 0.455 e. The summed E-state index contributed by atoms with van der Waals surface area (Å²) in [5.41, 5.74) is 6.98. The Morgan fingerprint density at radius 2 is 1.67 bits per heavy atom. The van der Waals surface area contributed by atoms with E-state index in [1.165, 1.54) is 22.7 Å². The summed E-state index contributed by atoms with van der Waals surface area (Å²) in [6.07, 6.45) is 6.08. The predicted octanol–water partition coefficient (Wildman–Crippen LogP) is 10.0. The minimum Gasteiger partial charge on any atom is -0.455 e. The quantitative estimate of drug-likeness (QED) is 0.154. The molecule has 236 valence electrons. The predicted molar refractivity (Wildman–Crippen MR) is 194 cm³/mol. The Balaban J connectivity index is 1.73. The number of hydrogen-bond acceptors (Lipinski definition) is 5. The molecule has 0 saturated carbocycles. The molecule has 0 spiro atoms. The molecular formula is C38H37FN2O3S2. The van der Waals surface area contributed by atoms with E-state index >= 15 is 0 Å². The normalized spacial score (nSPS) is 12.4. The highest BCUT2D eigenvalue weighted by Crippen LogP contribution is 2.44. The van der Waals surface area contributed by atoms with Crippen LogP contribution in [0.5, 0.6) is 0 Å². The number of halogens is 1. The van der Waals surface area contributed by atoms with Gasteiger partial charge in [0.1, 0.15) is 17.2 Å². The third-order valence-corrected chi connectivity index (χ3v) is 10.1. The molecular weight excluding hydrogens is 616 g/mol. The number of allylic oxidation sites excluding steroid dienone is 2. The molecule has 0 aliphatic rings. The molecule has 0 aliphatic heterocycles. The zero-order valence-electron chi connectivity index (χ0n) is 26.6. The Bertz CT molecular complexity index is 2060. The fourth-order valence-electron chi connectivity index (χ4n) is 5.35. The lowest BCUT2D eigenvalue weighted by Crippen LogP contribution is -2.25. The van der Waals surface area contributed by atoms with Gasteiger partial charge >= 0.3 is 0 Å². The van der Waals surface area contributed by atoms with Crippen LogP contribution in [0.2, 0.25) is 0 Å². The van der Waals surface area contributed by atoms with Crippen molar-refractivity contribution in [1.82, 2.24) is 5.32 Å². The number of thioether (sulfide) groups is 1. The molecule has 5 nitrogen and oxygen atoms in total. The van der Waals surface area contributed by atoms with E-state index in [1.807, 2.05) is 68.6 Å². The lowest BCUT2D eigenvalue weighted by molar-refractivity contribution is 0.600. The number of nitrogens with one attached hydrogen (secondary N) is 1. The molecule has 0 atom stereocenters. The smallest absolute Gasteiger partial charge is 0.232 e. The molecule has 1 aromatic heterocycles. The lowest BCUT2D eigenvalue weighted by atomic mass is 9.96. The van der Waals surface area contributed by atoms with Gasteiger partial charge in [-0.1, -0.05) is 85.9 Å². The third-order valence-electron chi connectivity index (χ3n) is 7.75. The maximum Gasteiger partial charge on any atom is 0.232 e. The number of furan rings is 1. The first-order valence-electron chi connectivity index (χ1n) is 14.9. The van der Waals surface area contributed by atoms with Crippen LogP contribution in [-0.2, 0) is 10.0 Å². The number of nitrogens with zero attached hydrogens (tertiary/aromatic N) is 1. The van der Waals surface area contributed by atoms with Crippen molar-refractivity contribution in [3.05, 3.63) is 132 Å². The summed E-state index contributed by atoms with van der Waals surface area (Å²) < 4.78 is 47.5. The summed E-state index contributed by atoms with van der Waals surface area (Å²) in [7, 11) is -0.228. The number of benzene rings is 4. The zero-order chi connectivity index (χ0) is 33.0. The summed E-state index contributed by atoms with van der Waals surface area (Å²) in [6.45, 7) is 8.35. The maximum atomic E-state index is 13.9. The molecule has 0 saturated heterocycles. The van der Waals surface area contributed by atoms with Crippen LogP contribution in [0.4, 0.5) is 10.1 Å². The average molecular weight is 653 g/mol. The molecule has 46 heavy (non-hydrogen) atoms. The fourth-order valence-corrected chi connectivity index (χ4v) is 6.74. The van der Waals surface area contributed by atoms with Gasteiger partial charge in [-0.15, -0.1) is 0 Å². The Hall–Kier alpha value is -4.53. The molecule has 0 unspecified atom stereocenters. The van der Waals surface area contributed by atoms with Gasteiger partial charge in [-0.3, -0.25) is 4.31 Å². The van der Waals surface area contributed by atoms with Crippen LogP contribution < -0.4 is 9.62 Å². The number of sulfonamides is 1. The SMILES string of the molecule is C=C(S/C(=C\C)c1cccc(-c2cc3c(/C(=C/CC)NC)c(-c4ccc(F)cc4)oc3cc2N(C)S(C)(=O)=O)c1)c1ccccc1. The van der Waals surface area contributed by atoms with Crippen molar-refractivity contribution in [3.63, 3.8) is 0 Å². The summed E-state index contributed by atoms with van der Waals surface area (Å²) >= 11 is 1.59. The topological polar surface area (TPSA) is 62.6 Å². The van der Waals surface area contributed by atoms with Gasteiger partial charge in [0.2, 0.25) is 10.0 Å². The summed E-state index contributed by atoms with van der Waals surface area (Å²) in [5, 5.41) is 4.11. The van der Waals surface area contributed by atoms with Crippen molar-refractivity contribution in [2.45, 2.75) is 20.3 Å². The Morgan fingerprint density at radius 1 is 0.978 bits per heavy atom. The van der Waals surface area contributed by atoms with E-state index in [9.17, 15) is 12.8 Å². The molecule has 5 rings (SSSR count). The van der Waals surface area contributed by atoms with Crippen molar-refractivity contribution in [1.29, 1.82) is 0 Å². The fraction of sp³-hybridized carbons (Fsp3) is 0.158. The van der Waals surface area contributed by atoms with Gasteiger partial charge in [0, 0.05) is 52.2 Å². The van der Waals surface area contributed by atoms with Gasteiger partial charge in [0.05, 0.1) is 17.5 Å². The van der Waals surface area contributed by atoms with Crippen molar-refractivity contribution < 1.29 is 17.2 Å². The van der Waals surface area contributed by atoms with Crippen LogP contribution in [0, 0.1) is 5.82 Å². The minimum atomic E-state index is -3.62. The first-order chi connectivity index (χ1) is 22.0. The van der Waals surface area contributed by atoms with Crippen LogP contribution >= 0.6 is 11.8 Å². The monoisotopic (exact) mass is 652 g/mol. The van der Waals surface area contributed by atoms with Gasteiger partial charge in [0.25, 0.3) is 0 Å². The molecule has 8 heteroatoms. The van der Waals surface area contributed by atoms with E-state index in [2.05, 4.69) is 37.0 Å². The van der Waals surface area contributed by atoms with Crippen LogP contribution in [-0.4, -0.2) is 28.8 Å². The summed E-state index contributed by atoms with van der Waals surface area (Å²) in [6, 6.07) is 28.1. The second-order valence-corrected chi connectivity index (χ2v) is 14.0. The van der Waals surface area contributed by atoms with Crippen LogP contribution in [0.3, 0.4) is 0 Å². The second-order valence-electron chi connectivity index (χ2n) is 10.8. The molecule has 1 heterocycles. The molecule has 0 fully saturated rings. The lowest BCUT2D eigenvalue weighted by Gasteiger charge is -2.21. The summed E-state index contributed by atoms with van der Waals surface area (Å²) in [4.78, 5) is 1.96.